The molecule has 1 fully saturated rings. The lowest BCUT2D eigenvalue weighted by atomic mass is 10.3. The molecule has 0 aromatic rings. The van der Waals surface area contributed by atoms with Gasteiger partial charge in [-0.25, -0.2) is 9.59 Å². The second kappa shape index (κ2) is 6.83. The first kappa shape index (κ1) is 15.9. The van der Waals surface area contributed by atoms with E-state index in [1.54, 1.807) is 13.8 Å². The van der Waals surface area contributed by atoms with Gasteiger partial charge >= 0.3 is 11.9 Å². The largest absolute Gasteiger partial charge is 0.464 e. The summed E-state index contributed by atoms with van der Waals surface area (Å²) >= 11 is 0. The summed E-state index contributed by atoms with van der Waals surface area (Å²) in [5.41, 5.74) is 0. The Balaban J connectivity index is 2.71. The molecule has 19 heavy (non-hydrogen) atoms. The van der Waals surface area contributed by atoms with Crippen LogP contribution in [0.5, 0.6) is 0 Å². The summed E-state index contributed by atoms with van der Waals surface area (Å²) in [6, 6.07) is -1.82. The van der Waals surface area contributed by atoms with E-state index in [1.807, 2.05) is 4.72 Å². The number of rotatable bonds is 8. The minimum absolute atomic E-state index is 0.0342. The molecular formula is C10H18N2O6S. The van der Waals surface area contributed by atoms with E-state index in [0.717, 1.165) is 12.8 Å². The van der Waals surface area contributed by atoms with Crippen LogP contribution in [0.15, 0.2) is 0 Å². The van der Waals surface area contributed by atoms with E-state index >= 15 is 0 Å². The maximum atomic E-state index is 11.7. The Morgan fingerprint density at radius 2 is 1.63 bits per heavy atom. The summed E-state index contributed by atoms with van der Waals surface area (Å²) in [5.74, 6) is -1.97. The number of nitrogens with one attached hydrogen (secondary N) is 2. The standard InChI is InChI=1S/C10H18N2O6S/c1-3-17-9(13)8(10(14)18-4-2)12-19(15,16)11-7-5-6-7/h7-8,11-12H,3-6H2,1-2H3. The van der Waals surface area contributed by atoms with Gasteiger partial charge in [0.25, 0.3) is 10.2 Å². The number of esters is 2. The Bertz CT molecular complexity index is 413. The van der Waals surface area contributed by atoms with Gasteiger partial charge < -0.3 is 9.47 Å². The van der Waals surface area contributed by atoms with Crippen LogP contribution < -0.4 is 9.44 Å². The van der Waals surface area contributed by atoms with Crippen molar-refractivity contribution in [1.29, 1.82) is 0 Å². The van der Waals surface area contributed by atoms with Crippen molar-refractivity contribution in [3.63, 3.8) is 0 Å². The third-order valence-electron chi connectivity index (χ3n) is 2.22. The molecule has 1 aliphatic carbocycles. The number of carbonyl (C=O) groups is 2. The first-order valence-corrected chi connectivity index (χ1v) is 7.50. The molecule has 1 rings (SSSR count). The van der Waals surface area contributed by atoms with Crippen LogP contribution in [0.4, 0.5) is 0 Å². The first-order valence-electron chi connectivity index (χ1n) is 6.02. The molecule has 9 heteroatoms. The smallest absolute Gasteiger partial charge is 0.335 e. The van der Waals surface area contributed by atoms with Crippen molar-refractivity contribution < 1.29 is 27.5 Å². The minimum atomic E-state index is -3.95. The van der Waals surface area contributed by atoms with Crippen LogP contribution in [-0.4, -0.2) is 45.7 Å². The highest BCUT2D eigenvalue weighted by molar-refractivity contribution is 7.87. The highest BCUT2D eigenvalue weighted by Gasteiger charge is 2.36. The zero-order chi connectivity index (χ0) is 14.5. The molecule has 0 aliphatic heterocycles. The Labute approximate surface area is 112 Å². The van der Waals surface area contributed by atoms with Crippen molar-refractivity contribution in [2.45, 2.75) is 38.8 Å². The van der Waals surface area contributed by atoms with Gasteiger partial charge in [0.15, 0.2) is 0 Å². The second-order valence-corrected chi connectivity index (χ2v) is 5.43. The average molecular weight is 294 g/mol. The summed E-state index contributed by atoms with van der Waals surface area (Å²) in [7, 11) is -3.95. The summed E-state index contributed by atoms with van der Waals surface area (Å²) in [5, 5.41) is 0. The molecule has 0 unspecified atom stereocenters. The SMILES string of the molecule is CCOC(=O)C(NS(=O)(=O)NC1CC1)C(=O)OCC. The zero-order valence-corrected chi connectivity index (χ0v) is 11.7. The fourth-order valence-electron chi connectivity index (χ4n) is 1.25. The fraction of sp³-hybridized carbons (Fsp3) is 0.800. The number of hydrogen-bond acceptors (Lipinski definition) is 6. The maximum absolute atomic E-state index is 11.7. The van der Waals surface area contributed by atoms with Crippen LogP contribution in [0.25, 0.3) is 0 Å². The fourth-order valence-corrected chi connectivity index (χ4v) is 2.50. The van der Waals surface area contributed by atoms with E-state index in [-0.39, 0.29) is 19.3 Å². The molecule has 1 saturated carbocycles. The lowest BCUT2D eigenvalue weighted by Crippen LogP contribution is -2.52. The molecule has 1 aliphatic rings. The second-order valence-electron chi connectivity index (χ2n) is 3.95. The monoisotopic (exact) mass is 294 g/mol. The van der Waals surface area contributed by atoms with E-state index in [9.17, 15) is 18.0 Å². The zero-order valence-electron chi connectivity index (χ0n) is 10.8. The van der Waals surface area contributed by atoms with E-state index in [2.05, 4.69) is 14.2 Å². The van der Waals surface area contributed by atoms with Crippen molar-refractivity contribution >= 4 is 22.1 Å². The molecule has 0 bridgehead atoms. The van der Waals surface area contributed by atoms with Crippen molar-refractivity contribution in [3.8, 4) is 0 Å². The molecule has 0 radical (unpaired) electrons. The molecular weight excluding hydrogens is 276 g/mol. The lowest BCUT2D eigenvalue weighted by Gasteiger charge is -2.16. The van der Waals surface area contributed by atoms with E-state index in [0.29, 0.717) is 0 Å². The van der Waals surface area contributed by atoms with Crippen LogP contribution in [0.1, 0.15) is 26.7 Å². The average Bonchev–Trinajstić information content (AvgIpc) is 3.09. The first-order chi connectivity index (χ1) is 8.89. The molecule has 0 heterocycles. The summed E-state index contributed by atoms with van der Waals surface area (Å²) < 4.78 is 36.9. The van der Waals surface area contributed by atoms with Crippen LogP contribution >= 0.6 is 0 Å². The molecule has 0 aromatic carbocycles. The summed E-state index contributed by atoms with van der Waals surface area (Å²) in [4.78, 5) is 23.1. The van der Waals surface area contributed by atoms with Crippen molar-refractivity contribution in [2.75, 3.05) is 13.2 Å². The van der Waals surface area contributed by atoms with Gasteiger partial charge in [0.2, 0.25) is 6.04 Å². The molecule has 0 aromatic heterocycles. The van der Waals surface area contributed by atoms with Crippen LogP contribution in [0.3, 0.4) is 0 Å². The number of carbonyl (C=O) groups excluding carboxylic acids is 2. The summed E-state index contributed by atoms with van der Waals surface area (Å²) in [6.45, 7) is 3.17. The normalized spacial score (nSPS) is 15.3. The van der Waals surface area contributed by atoms with E-state index in [1.165, 1.54) is 0 Å². The number of hydrogen-bond donors (Lipinski definition) is 2. The molecule has 8 nitrogen and oxygen atoms in total. The molecule has 0 saturated heterocycles. The minimum Gasteiger partial charge on any atom is -0.464 e. The van der Waals surface area contributed by atoms with Crippen molar-refractivity contribution in [1.82, 2.24) is 9.44 Å². The predicted octanol–water partition coefficient (Wildman–Crippen LogP) is -0.932. The van der Waals surface area contributed by atoms with E-state index < -0.39 is 28.2 Å². The Hall–Kier alpha value is -1.19. The molecule has 0 spiro atoms. The predicted molar refractivity (Wildman–Crippen MR) is 65.3 cm³/mol. The highest BCUT2D eigenvalue weighted by atomic mass is 32.2. The lowest BCUT2D eigenvalue weighted by molar-refractivity contribution is -0.157. The molecule has 110 valence electrons. The number of ether oxygens (including phenoxy) is 2. The van der Waals surface area contributed by atoms with Crippen LogP contribution in [0.2, 0.25) is 0 Å². The quantitative estimate of drug-likeness (QED) is 0.442. The van der Waals surface area contributed by atoms with Gasteiger partial charge in [0, 0.05) is 6.04 Å². The van der Waals surface area contributed by atoms with Gasteiger partial charge in [-0.1, -0.05) is 0 Å². The van der Waals surface area contributed by atoms with Gasteiger partial charge in [0.1, 0.15) is 0 Å². The van der Waals surface area contributed by atoms with Gasteiger partial charge in [0.05, 0.1) is 13.2 Å². The Kier molecular flexibility index (Phi) is 5.70. The van der Waals surface area contributed by atoms with Gasteiger partial charge in [-0.05, 0) is 26.7 Å². The highest BCUT2D eigenvalue weighted by Crippen LogP contribution is 2.19. The third-order valence-corrected chi connectivity index (χ3v) is 3.41. The Morgan fingerprint density at radius 1 is 1.16 bits per heavy atom. The third kappa shape index (κ3) is 5.53. The molecule has 2 N–H and O–H groups in total. The summed E-state index contributed by atoms with van der Waals surface area (Å²) in [6.07, 6.45) is 1.48. The topological polar surface area (TPSA) is 111 Å². The van der Waals surface area contributed by atoms with Gasteiger partial charge in [-0.2, -0.15) is 17.9 Å². The van der Waals surface area contributed by atoms with Crippen molar-refractivity contribution in [2.24, 2.45) is 0 Å². The van der Waals surface area contributed by atoms with Crippen LogP contribution in [0, 0.1) is 0 Å². The van der Waals surface area contributed by atoms with Crippen LogP contribution in [-0.2, 0) is 29.3 Å². The van der Waals surface area contributed by atoms with E-state index in [4.69, 9.17) is 0 Å². The van der Waals surface area contributed by atoms with Crippen molar-refractivity contribution in [3.05, 3.63) is 0 Å². The van der Waals surface area contributed by atoms with Gasteiger partial charge in [-0.15, -0.1) is 0 Å². The Morgan fingerprint density at radius 3 is 2.00 bits per heavy atom. The molecule has 0 amide bonds. The van der Waals surface area contributed by atoms with Gasteiger partial charge in [-0.3, -0.25) is 0 Å². The molecule has 0 atom stereocenters. The maximum Gasteiger partial charge on any atom is 0.335 e.